The van der Waals surface area contributed by atoms with Gasteiger partial charge in [0, 0.05) is 52.7 Å². The molecule has 3 amide bonds. The van der Waals surface area contributed by atoms with Crippen molar-refractivity contribution in [1.82, 2.24) is 25.8 Å². The van der Waals surface area contributed by atoms with Crippen LogP contribution in [0.25, 0.3) is 0 Å². The number of methoxy groups -OCH3 is 2. The molecular weight excluding hydrogens is 498 g/mol. The second kappa shape index (κ2) is 18.6. The Balaban J connectivity index is 2.38. The molecule has 0 aliphatic carbocycles. The van der Waals surface area contributed by atoms with E-state index in [9.17, 15) is 14.4 Å². The SMILES string of the molecule is CCN[C@H](CC(C)N(C)C)C(=O)NCC(C)C(C)CC(=O)NCC(C)CCC(=O)N1C[C@H](OC)C[C@H]1COC. The first-order valence-corrected chi connectivity index (χ1v) is 14.7. The molecular formula is C29H57N5O5. The number of nitrogens with zero attached hydrogens (tertiary/aromatic N) is 2. The van der Waals surface area contributed by atoms with Crippen LogP contribution in [0.4, 0.5) is 0 Å². The van der Waals surface area contributed by atoms with Gasteiger partial charge in [-0.1, -0.05) is 27.7 Å². The molecule has 0 saturated carbocycles. The van der Waals surface area contributed by atoms with E-state index < -0.39 is 0 Å². The Morgan fingerprint density at radius 2 is 1.72 bits per heavy atom. The van der Waals surface area contributed by atoms with Gasteiger partial charge in [0.15, 0.2) is 0 Å². The zero-order valence-corrected chi connectivity index (χ0v) is 26.0. The van der Waals surface area contributed by atoms with Gasteiger partial charge in [-0.2, -0.15) is 0 Å². The number of carbonyl (C=O) groups excluding carboxylic acids is 3. The van der Waals surface area contributed by atoms with Gasteiger partial charge in [-0.05, 0) is 64.6 Å². The van der Waals surface area contributed by atoms with Gasteiger partial charge in [-0.15, -0.1) is 0 Å². The Hall–Kier alpha value is -1.75. The van der Waals surface area contributed by atoms with Crippen molar-refractivity contribution in [2.75, 3.05) is 61.1 Å². The van der Waals surface area contributed by atoms with Gasteiger partial charge in [-0.3, -0.25) is 14.4 Å². The fourth-order valence-corrected chi connectivity index (χ4v) is 4.84. The van der Waals surface area contributed by atoms with Crippen molar-refractivity contribution in [2.45, 2.75) is 91.0 Å². The molecule has 0 aromatic heterocycles. The van der Waals surface area contributed by atoms with Gasteiger partial charge in [-0.25, -0.2) is 0 Å². The number of likely N-dealkylation sites (N-methyl/N-ethyl adjacent to an activating group) is 1. The van der Waals surface area contributed by atoms with Crippen LogP contribution in [0.3, 0.4) is 0 Å². The lowest BCUT2D eigenvalue weighted by Crippen LogP contribution is -2.48. The normalized spacial score (nSPS) is 21.3. The second-order valence-corrected chi connectivity index (χ2v) is 11.8. The molecule has 0 aromatic rings. The van der Waals surface area contributed by atoms with Crippen molar-refractivity contribution in [3.63, 3.8) is 0 Å². The number of ether oxygens (including phenoxy) is 2. The maximum absolute atomic E-state index is 12.8. The summed E-state index contributed by atoms with van der Waals surface area (Å²) in [5.74, 6) is 0.622. The summed E-state index contributed by atoms with van der Waals surface area (Å²) >= 11 is 0. The minimum Gasteiger partial charge on any atom is -0.383 e. The van der Waals surface area contributed by atoms with Crippen LogP contribution in [-0.2, 0) is 23.9 Å². The summed E-state index contributed by atoms with van der Waals surface area (Å²) in [6.45, 7) is 13.2. The summed E-state index contributed by atoms with van der Waals surface area (Å²) in [6.07, 6.45) is 3.16. The molecule has 10 nitrogen and oxygen atoms in total. The molecule has 39 heavy (non-hydrogen) atoms. The molecule has 0 radical (unpaired) electrons. The Morgan fingerprint density at radius 1 is 1.03 bits per heavy atom. The number of hydrogen-bond acceptors (Lipinski definition) is 7. The molecule has 1 aliphatic rings. The van der Waals surface area contributed by atoms with E-state index >= 15 is 0 Å². The first kappa shape index (κ1) is 35.3. The summed E-state index contributed by atoms with van der Waals surface area (Å²) in [5, 5.41) is 9.40. The summed E-state index contributed by atoms with van der Waals surface area (Å²) in [4.78, 5) is 42.2. The molecule has 3 N–H and O–H groups in total. The van der Waals surface area contributed by atoms with Crippen molar-refractivity contribution in [3.05, 3.63) is 0 Å². The van der Waals surface area contributed by atoms with E-state index in [1.165, 1.54) is 0 Å². The number of carbonyl (C=O) groups is 3. The smallest absolute Gasteiger partial charge is 0.237 e. The standard InChI is InChI=1S/C29H57N5O5/c1-10-30-26(14-23(5)33(6)7)29(37)32-17-22(4)21(3)13-27(35)31-16-20(2)11-12-28(36)34-18-25(39-9)15-24(34)19-38-8/h20-26,30H,10-19H2,1-9H3,(H,31,35)(H,32,37)/t20?,21?,22?,23?,24-,25+,26+/m0/s1. The summed E-state index contributed by atoms with van der Waals surface area (Å²) < 4.78 is 10.7. The summed E-state index contributed by atoms with van der Waals surface area (Å²) in [7, 11) is 7.37. The Bertz CT molecular complexity index is 737. The van der Waals surface area contributed by atoms with E-state index in [0.717, 1.165) is 19.4 Å². The largest absolute Gasteiger partial charge is 0.383 e. The Kier molecular flexibility index (Phi) is 16.8. The van der Waals surface area contributed by atoms with E-state index in [2.05, 4.69) is 41.6 Å². The van der Waals surface area contributed by atoms with Gasteiger partial charge >= 0.3 is 0 Å². The van der Waals surface area contributed by atoms with E-state index in [1.807, 2.05) is 32.8 Å². The third-order valence-electron chi connectivity index (χ3n) is 8.19. The quantitative estimate of drug-likeness (QED) is 0.223. The molecule has 1 heterocycles. The number of hydrogen-bond donors (Lipinski definition) is 3. The highest BCUT2D eigenvalue weighted by atomic mass is 16.5. The third-order valence-corrected chi connectivity index (χ3v) is 8.19. The number of likely N-dealkylation sites (tertiary alicyclic amines) is 1. The van der Waals surface area contributed by atoms with Crippen molar-refractivity contribution in [1.29, 1.82) is 0 Å². The lowest BCUT2D eigenvalue weighted by molar-refractivity contribution is -0.133. The van der Waals surface area contributed by atoms with E-state index in [1.54, 1.807) is 14.2 Å². The average molecular weight is 556 g/mol. The maximum Gasteiger partial charge on any atom is 0.237 e. The Labute approximate surface area is 237 Å². The third kappa shape index (κ3) is 13.0. The lowest BCUT2D eigenvalue weighted by atomic mass is 9.92. The van der Waals surface area contributed by atoms with Crippen LogP contribution in [0.2, 0.25) is 0 Å². The molecule has 0 aromatic carbocycles. The zero-order chi connectivity index (χ0) is 29.5. The molecule has 0 bridgehead atoms. The van der Waals surface area contributed by atoms with Crippen molar-refractivity contribution in [2.24, 2.45) is 17.8 Å². The van der Waals surface area contributed by atoms with Crippen LogP contribution < -0.4 is 16.0 Å². The van der Waals surface area contributed by atoms with Gasteiger partial charge in [0.05, 0.1) is 24.8 Å². The molecule has 1 rings (SSSR count). The summed E-state index contributed by atoms with van der Waals surface area (Å²) in [5.41, 5.74) is 0. The summed E-state index contributed by atoms with van der Waals surface area (Å²) in [6, 6.07) is 0.117. The molecule has 1 saturated heterocycles. The minimum atomic E-state index is -0.232. The van der Waals surface area contributed by atoms with Gasteiger partial charge in [0.1, 0.15) is 0 Å². The van der Waals surface area contributed by atoms with Crippen LogP contribution in [-0.4, -0.2) is 113 Å². The molecule has 1 aliphatic heterocycles. The highest BCUT2D eigenvalue weighted by molar-refractivity contribution is 5.81. The van der Waals surface area contributed by atoms with Crippen LogP contribution >= 0.6 is 0 Å². The highest BCUT2D eigenvalue weighted by Gasteiger charge is 2.35. The molecule has 10 heteroatoms. The van der Waals surface area contributed by atoms with Crippen LogP contribution in [0.15, 0.2) is 0 Å². The average Bonchev–Trinajstić information content (AvgIpc) is 3.31. The van der Waals surface area contributed by atoms with E-state index in [4.69, 9.17) is 9.47 Å². The fraction of sp³-hybridized carbons (Fsp3) is 0.897. The topological polar surface area (TPSA) is 112 Å². The van der Waals surface area contributed by atoms with Crippen LogP contribution in [0.1, 0.15) is 66.7 Å². The Morgan fingerprint density at radius 3 is 2.31 bits per heavy atom. The molecule has 7 atom stereocenters. The van der Waals surface area contributed by atoms with Crippen molar-refractivity contribution >= 4 is 17.7 Å². The molecule has 228 valence electrons. The lowest BCUT2D eigenvalue weighted by Gasteiger charge is -2.27. The highest BCUT2D eigenvalue weighted by Crippen LogP contribution is 2.22. The fourth-order valence-electron chi connectivity index (χ4n) is 4.84. The van der Waals surface area contributed by atoms with Gasteiger partial charge < -0.3 is 35.2 Å². The molecule has 4 unspecified atom stereocenters. The number of amides is 3. The number of nitrogens with one attached hydrogen (secondary N) is 3. The first-order chi connectivity index (χ1) is 18.4. The monoisotopic (exact) mass is 555 g/mol. The van der Waals surface area contributed by atoms with E-state index in [0.29, 0.717) is 45.5 Å². The van der Waals surface area contributed by atoms with Gasteiger partial charge in [0.2, 0.25) is 17.7 Å². The second-order valence-electron chi connectivity index (χ2n) is 11.8. The maximum atomic E-state index is 12.8. The van der Waals surface area contributed by atoms with Crippen molar-refractivity contribution in [3.8, 4) is 0 Å². The van der Waals surface area contributed by atoms with Gasteiger partial charge in [0.25, 0.3) is 0 Å². The molecule has 0 spiro atoms. The first-order valence-electron chi connectivity index (χ1n) is 14.7. The van der Waals surface area contributed by atoms with Crippen LogP contribution in [0.5, 0.6) is 0 Å². The van der Waals surface area contributed by atoms with Crippen LogP contribution in [0, 0.1) is 17.8 Å². The minimum absolute atomic E-state index is 0.00632. The van der Waals surface area contributed by atoms with E-state index in [-0.39, 0.29) is 59.7 Å². The zero-order valence-electron chi connectivity index (χ0n) is 26.0. The number of rotatable bonds is 19. The predicted molar refractivity (Wildman–Crippen MR) is 155 cm³/mol. The van der Waals surface area contributed by atoms with Crippen molar-refractivity contribution < 1.29 is 23.9 Å². The predicted octanol–water partition coefficient (Wildman–Crippen LogP) is 1.88. The molecule has 1 fully saturated rings.